The zero-order valence-corrected chi connectivity index (χ0v) is 19.1. The quantitative estimate of drug-likeness (QED) is 0.260. The Morgan fingerprint density at radius 3 is 2.57 bits per heavy atom. The molecule has 0 atom stereocenters. The molecular formula is C19H27IN4O4. The van der Waals surface area contributed by atoms with Gasteiger partial charge in [0.25, 0.3) is 0 Å². The largest absolute Gasteiger partial charge is 0.496 e. The fourth-order valence-corrected chi connectivity index (χ4v) is 2.41. The number of nitrogens with zero attached hydrogens (tertiary/aromatic N) is 2. The van der Waals surface area contributed by atoms with Crippen LogP contribution in [-0.2, 0) is 17.8 Å². The maximum Gasteiger partial charge on any atom is 0.341 e. The van der Waals surface area contributed by atoms with Gasteiger partial charge in [-0.3, -0.25) is 0 Å². The Morgan fingerprint density at radius 1 is 1.25 bits per heavy atom. The van der Waals surface area contributed by atoms with Crippen molar-refractivity contribution in [3.8, 4) is 5.75 Å². The minimum atomic E-state index is -0.447. The Bertz CT molecular complexity index is 801. The zero-order chi connectivity index (χ0) is 19.8. The van der Waals surface area contributed by atoms with Crippen LogP contribution >= 0.6 is 24.0 Å². The lowest BCUT2D eigenvalue weighted by Crippen LogP contribution is -2.36. The van der Waals surface area contributed by atoms with E-state index in [0.29, 0.717) is 42.8 Å². The first kappa shape index (κ1) is 23.7. The number of carbonyl (C=O) groups is 1. The normalized spacial score (nSPS) is 10.8. The Hall–Kier alpha value is -2.30. The maximum atomic E-state index is 11.9. The van der Waals surface area contributed by atoms with Crippen LogP contribution in [0.15, 0.2) is 27.6 Å². The first-order valence-corrected chi connectivity index (χ1v) is 8.68. The highest BCUT2D eigenvalue weighted by atomic mass is 127. The van der Waals surface area contributed by atoms with Crippen LogP contribution in [0.25, 0.3) is 0 Å². The molecular weight excluding hydrogens is 475 g/mol. The molecule has 0 aliphatic heterocycles. The van der Waals surface area contributed by atoms with Gasteiger partial charge in [-0.1, -0.05) is 6.07 Å². The minimum Gasteiger partial charge on any atom is -0.496 e. The third-order valence-electron chi connectivity index (χ3n) is 3.91. The van der Waals surface area contributed by atoms with Crippen molar-refractivity contribution in [2.45, 2.75) is 33.9 Å². The summed E-state index contributed by atoms with van der Waals surface area (Å²) in [6.07, 6.45) is 0. The third kappa shape index (κ3) is 6.39. The molecule has 1 heterocycles. The number of hydrogen-bond donors (Lipinski definition) is 2. The highest BCUT2D eigenvalue weighted by Crippen LogP contribution is 2.21. The van der Waals surface area contributed by atoms with E-state index in [4.69, 9.17) is 13.9 Å². The summed E-state index contributed by atoms with van der Waals surface area (Å²) in [5, 5.41) is 6.35. The molecule has 2 rings (SSSR count). The molecule has 9 heteroatoms. The van der Waals surface area contributed by atoms with E-state index < -0.39 is 5.97 Å². The number of ether oxygens (including phenoxy) is 2. The molecule has 1 aromatic heterocycles. The second kappa shape index (κ2) is 11.5. The van der Waals surface area contributed by atoms with Gasteiger partial charge in [0.1, 0.15) is 17.1 Å². The molecule has 0 radical (unpaired) electrons. The lowest BCUT2D eigenvalue weighted by molar-refractivity contribution is 0.0597. The van der Waals surface area contributed by atoms with Crippen LogP contribution in [-0.4, -0.2) is 37.7 Å². The van der Waals surface area contributed by atoms with E-state index in [9.17, 15) is 4.79 Å². The summed E-state index contributed by atoms with van der Waals surface area (Å²) in [4.78, 5) is 20.8. The van der Waals surface area contributed by atoms with Gasteiger partial charge < -0.3 is 24.5 Å². The van der Waals surface area contributed by atoms with Crippen molar-refractivity contribution in [2.24, 2.45) is 4.99 Å². The van der Waals surface area contributed by atoms with Gasteiger partial charge in [0, 0.05) is 6.54 Å². The van der Waals surface area contributed by atoms with Crippen LogP contribution in [0.2, 0.25) is 0 Å². The molecule has 1 aromatic carbocycles. The summed E-state index contributed by atoms with van der Waals surface area (Å²) in [5.41, 5.74) is 2.11. The molecule has 2 N–H and O–H groups in total. The summed E-state index contributed by atoms with van der Waals surface area (Å²) in [5.74, 6) is 2.06. The number of guanidine groups is 1. The number of carbonyl (C=O) groups excluding carboxylic acids is 1. The molecule has 28 heavy (non-hydrogen) atoms. The molecule has 0 saturated heterocycles. The van der Waals surface area contributed by atoms with Crippen molar-refractivity contribution in [2.75, 3.05) is 20.8 Å². The van der Waals surface area contributed by atoms with E-state index in [1.54, 1.807) is 12.1 Å². The monoisotopic (exact) mass is 502 g/mol. The average Bonchev–Trinajstić information content (AvgIpc) is 3.00. The van der Waals surface area contributed by atoms with Gasteiger partial charge in [0.2, 0.25) is 5.89 Å². The SMILES string of the molecule is CCNC(=NCc1ccc(OC)c(C(=O)OC)c1)NCc1nc(C)c(C)o1.I. The number of aryl methyl sites for hydroxylation is 2. The number of esters is 1. The number of benzene rings is 1. The smallest absolute Gasteiger partial charge is 0.341 e. The van der Waals surface area contributed by atoms with Gasteiger partial charge in [0.15, 0.2) is 5.96 Å². The molecule has 0 unspecified atom stereocenters. The van der Waals surface area contributed by atoms with Crippen LogP contribution < -0.4 is 15.4 Å². The second-order valence-corrected chi connectivity index (χ2v) is 5.82. The van der Waals surface area contributed by atoms with Gasteiger partial charge in [-0.25, -0.2) is 14.8 Å². The van der Waals surface area contributed by atoms with Gasteiger partial charge in [-0.15, -0.1) is 24.0 Å². The van der Waals surface area contributed by atoms with E-state index in [1.807, 2.05) is 26.8 Å². The molecule has 0 amide bonds. The number of rotatable bonds is 7. The van der Waals surface area contributed by atoms with Crippen molar-refractivity contribution < 1.29 is 18.7 Å². The fourth-order valence-electron chi connectivity index (χ4n) is 2.41. The predicted octanol–water partition coefficient (Wildman–Crippen LogP) is 2.96. The summed E-state index contributed by atoms with van der Waals surface area (Å²) >= 11 is 0. The standard InChI is InChI=1S/C19H26N4O4.HI/c1-6-20-19(22-11-17-23-12(2)13(3)27-17)21-10-14-7-8-16(25-4)15(9-14)18(24)26-5;/h7-9H,6,10-11H2,1-5H3,(H2,20,21,22);1H. The van der Waals surface area contributed by atoms with E-state index in [0.717, 1.165) is 17.0 Å². The molecule has 154 valence electrons. The summed E-state index contributed by atoms with van der Waals surface area (Å²) in [7, 11) is 2.85. The Morgan fingerprint density at radius 2 is 2.00 bits per heavy atom. The van der Waals surface area contributed by atoms with Crippen LogP contribution in [0, 0.1) is 13.8 Å². The van der Waals surface area contributed by atoms with E-state index >= 15 is 0 Å². The highest BCUT2D eigenvalue weighted by Gasteiger charge is 2.13. The topological polar surface area (TPSA) is 98.0 Å². The second-order valence-electron chi connectivity index (χ2n) is 5.82. The van der Waals surface area contributed by atoms with E-state index in [-0.39, 0.29) is 24.0 Å². The number of aromatic nitrogens is 1. The number of halogens is 1. The summed E-state index contributed by atoms with van der Waals surface area (Å²) in [6.45, 7) is 7.30. The summed E-state index contributed by atoms with van der Waals surface area (Å²) < 4.78 is 15.6. The molecule has 0 spiro atoms. The number of oxazole rings is 1. The zero-order valence-electron chi connectivity index (χ0n) is 16.8. The molecule has 2 aromatic rings. The fraction of sp³-hybridized carbons (Fsp3) is 0.421. The van der Waals surface area contributed by atoms with Crippen molar-refractivity contribution in [1.82, 2.24) is 15.6 Å². The Balaban J connectivity index is 0.00000392. The molecule has 8 nitrogen and oxygen atoms in total. The summed E-state index contributed by atoms with van der Waals surface area (Å²) in [6, 6.07) is 5.31. The average molecular weight is 502 g/mol. The van der Waals surface area contributed by atoms with Crippen LogP contribution in [0.3, 0.4) is 0 Å². The predicted molar refractivity (Wildman–Crippen MR) is 117 cm³/mol. The number of aliphatic imine (C=N–C) groups is 1. The minimum absolute atomic E-state index is 0. The van der Waals surface area contributed by atoms with Gasteiger partial charge >= 0.3 is 5.97 Å². The molecule has 0 saturated carbocycles. The third-order valence-corrected chi connectivity index (χ3v) is 3.91. The number of nitrogens with one attached hydrogen (secondary N) is 2. The number of hydrogen-bond acceptors (Lipinski definition) is 6. The molecule has 0 aliphatic carbocycles. The van der Waals surface area contributed by atoms with Crippen LogP contribution in [0.4, 0.5) is 0 Å². The number of methoxy groups -OCH3 is 2. The van der Waals surface area contributed by atoms with Gasteiger partial charge in [0.05, 0.1) is 33.0 Å². The van der Waals surface area contributed by atoms with Crippen molar-refractivity contribution in [1.29, 1.82) is 0 Å². The molecule has 0 aliphatic rings. The van der Waals surface area contributed by atoms with Gasteiger partial charge in [-0.2, -0.15) is 0 Å². The molecule has 0 fully saturated rings. The first-order valence-electron chi connectivity index (χ1n) is 8.68. The Kier molecular flexibility index (Phi) is 9.77. The lowest BCUT2D eigenvalue weighted by Gasteiger charge is -2.11. The Labute approximate surface area is 182 Å². The van der Waals surface area contributed by atoms with E-state index in [1.165, 1.54) is 14.2 Å². The first-order chi connectivity index (χ1) is 13.0. The highest BCUT2D eigenvalue weighted by molar-refractivity contribution is 14.0. The van der Waals surface area contributed by atoms with Crippen molar-refractivity contribution in [3.05, 3.63) is 46.7 Å². The van der Waals surface area contributed by atoms with Crippen molar-refractivity contribution >= 4 is 35.9 Å². The maximum absolute atomic E-state index is 11.9. The molecule has 0 bridgehead atoms. The van der Waals surface area contributed by atoms with Crippen LogP contribution in [0.5, 0.6) is 5.75 Å². The van der Waals surface area contributed by atoms with E-state index in [2.05, 4.69) is 20.6 Å². The van der Waals surface area contributed by atoms with Crippen LogP contribution in [0.1, 0.15) is 40.2 Å². The lowest BCUT2D eigenvalue weighted by atomic mass is 10.1. The van der Waals surface area contributed by atoms with Gasteiger partial charge in [-0.05, 0) is 38.5 Å². The van der Waals surface area contributed by atoms with Crippen molar-refractivity contribution in [3.63, 3.8) is 0 Å².